The molecule has 0 saturated carbocycles. The van der Waals surface area contributed by atoms with E-state index in [0.29, 0.717) is 0 Å². The first-order chi connectivity index (χ1) is 8.48. The van der Waals surface area contributed by atoms with Gasteiger partial charge in [0.2, 0.25) is 0 Å². The summed E-state index contributed by atoms with van der Waals surface area (Å²) in [6.45, 7) is 3.58. The molecule has 0 aromatic heterocycles. The molecule has 0 saturated heterocycles. The molecule has 1 aliphatic carbocycles. The molecule has 0 aromatic carbocycles. The van der Waals surface area contributed by atoms with Crippen molar-refractivity contribution in [2.75, 3.05) is 0 Å². The predicted octanol–water partition coefficient (Wildman–Crippen LogP) is 2.62. The van der Waals surface area contributed by atoms with E-state index < -0.39 is 5.60 Å². The fourth-order valence-corrected chi connectivity index (χ4v) is 1.87. The van der Waals surface area contributed by atoms with Crippen LogP contribution in [0, 0.1) is 0 Å². The summed E-state index contributed by atoms with van der Waals surface area (Å²) < 4.78 is 0. The average Bonchev–Trinajstić information content (AvgIpc) is 2.36. The summed E-state index contributed by atoms with van der Waals surface area (Å²) in [4.78, 5) is 0. The molecule has 0 bridgehead atoms. The van der Waals surface area contributed by atoms with Crippen molar-refractivity contribution < 1.29 is 10.2 Å². The van der Waals surface area contributed by atoms with Crippen molar-refractivity contribution in [3.05, 3.63) is 59.4 Å². The molecule has 1 atom stereocenters. The Hall–Kier alpha value is -1.48. The summed E-state index contributed by atoms with van der Waals surface area (Å²) in [5, 5.41) is 19.9. The van der Waals surface area contributed by atoms with Gasteiger partial charge in [0.15, 0.2) is 0 Å². The smallest absolute Gasteiger partial charge is 0.115 e. The van der Waals surface area contributed by atoms with Crippen LogP contribution in [-0.2, 0) is 0 Å². The highest BCUT2D eigenvalue weighted by atomic mass is 16.3. The molecule has 0 fully saturated rings. The van der Waals surface area contributed by atoms with Crippen LogP contribution in [0.2, 0.25) is 6.32 Å². The maximum absolute atomic E-state index is 10.1. The zero-order chi connectivity index (χ0) is 13.6. The minimum Gasteiger partial charge on any atom is -0.508 e. The van der Waals surface area contributed by atoms with Crippen molar-refractivity contribution in [2.45, 2.75) is 32.2 Å². The second-order valence-corrected chi connectivity index (χ2v) is 4.69. The fourth-order valence-electron chi connectivity index (χ4n) is 1.87. The summed E-state index contributed by atoms with van der Waals surface area (Å²) in [5.41, 5.74) is 0.693. The van der Waals surface area contributed by atoms with Crippen LogP contribution < -0.4 is 0 Å². The molecule has 2 N–H and O–H groups in total. The molecule has 1 unspecified atom stereocenters. The number of hydrogen-bond acceptors (Lipinski definition) is 2. The lowest BCUT2D eigenvalue weighted by atomic mass is 9.98. The van der Waals surface area contributed by atoms with Crippen molar-refractivity contribution in [1.29, 1.82) is 0 Å². The molecule has 1 rings (SSSR count). The summed E-state index contributed by atoms with van der Waals surface area (Å²) in [7, 11) is 2.12. The van der Waals surface area contributed by atoms with Crippen molar-refractivity contribution >= 4 is 7.85 Å². The van der Waals surface area contributed by atoms with Gasteiger partial charge in [-0.05, 0) is 49.6 Å². The van der Waals surface area contributed by atoms with Crippen molar-refractivity contribution in [1.82, 2.24) is 0 Å². The second-order valence-electron chi connectivity index (χ2n) is 4.69. The standard InChI is InChI=1S/C15H21BO2/c1-3-6-13-10-15(2,18)11-14(17)9-12(13)7-4-5-8-16/h3-4,6-7,9-11,17-18H,5,8,16H2,1-2H3/b6-3-,7-4-. The zero-order valence-electron chi connectivity index (χ0n) is 11.4. The van der Waals surface area contributed by atoms with Gasteiger partial charge in [-0.3, -0.25) is 0 Å². The Morgan fingerprint density at radius 2 is 2.00 bits per heavy atom. The normalized spacial score (nSPS) is 24.9. The quantitative estimate of drug-likeness (QED) is 0.746. The molecule has 2 nitrogen and oxygen atoms in total. The third-order valence-corrected chi connectivity index (χ3v) is 2.62. The number of hydrogen-bond donors (Lipinski definition) is 2. The molecule has 3 heteroatoms. The fraction of sp³-hybridized carbons (Fsp3) is 0.333. The third kappa shape index (κ3) is 4.42. The van der Waals surface area contributed by atoms with Gasteiger partial charge in [0, 0.05) is 0 Å². The van der Waals surface area contributed by atoms with E-state index in [2.05, 4.69) is 13.9 Å². The van der Waals surface area contributed by atoms with E-state index in [1.54, 1.807) is 19.1 Å². The van der Waals surface area contributed by atoms with Crippen LogP contribution in [0.1, 0.15) is 20.3 Å². The summed E-state index contributed by atoms with van der Waals surface area (Å²) in [5.74, 6) is 0.0897. The van der Waals surface area contributed by atoms with E-state index >= 15 is 0 Å². The first-order valence-corrected chi connectivity index (χ1v) is 6.37. The number of allylic oxidation sites excluding steroid dienone is 7. The van der Waals surface area contributed by atoms with Gasteiger partial charge in [-0.2, -0.15) is 0 Å². The minimum absolute atomic E-state index is 0.0897. The maximum atomic E-state index is 10.1. The largest absolute Gasteiger partial charge is 0.508 e. The Morgan fingerprint density at radius 1 is 1.28 bits per heavy atom. The van der Waals surface area contributed by atoms with E-state index in [9.17, 15) is 10.2 Å². The van der Waals surface area contributed by atoms with Crippen molar-refractivity contribution in [3.63, 3.8) is 0 Å². The Labute approximate surface area is 110 Å². The lowest BCUT2D eigenvalue weighted by Crippen LogP contribution is -2.17. The Bertz CT molecular complexity index is 437. The molecule has 0 spiro atoms. The Kier molecular flexibility index (Phi) is 5.23. The van der Waals surface area contributed by atoms with E-state index in [1.807, 2.05) is 25.2 Å². The average molecular weight is 244 g/mol. The maximum Gasteiger partial charge on any atom is 0.115 e. The van der Waals surface area contributed by atoms with Gasteiger partial charge in [0.1, 0.15) is 19.2 Å². The molecule has 96 valence electrons. The van der Waals surface area contributed by atoms with Crippen LogP contribution in [-0.4, -0.2) is 23.7 Å². The van der Waals surface area contributed by atoms with Crippen molar-refractivity contribution in [2.24, 2.45) is 0 Å². The van der Waals surface area contributed by atoms with Gasteiger partial charge in [-0.15, -0.1) is 0 Å². The summed E-state index contributed by atoms with van der Waals surface area (Å²) >= 11 is 0. The summed E-state index contributed by atoms with van der Waals surface area (Å²) in [6.07, 6.45) is 14.9. The highest BCUT2D eigenvalue weighted by Crippen LogP contribution is 2.25. The van der Waals surface area contributed by atoms with Crippen molar-refractivity contribution in [3.8, 4) is 0 Å². The van der Waals surface area contributed by atoms with Gasteiger partial charge in [-0.1, -0.05) is 30.6 Å². The molecule has 1 aliphatic rings. The molecule has 0 heterocycles. The van der Waals surface area contributed by atoms with Gasteiger partial charge >= 0.3 is 0 Å². The van der Waals surface area contributed by atoms with E-state index in [1.165, 1.54) is 6.08 Å². The van der Waals surface area contributed by atoms with E-state index in [0.717, 1.165) is 23.9 Å². The SMILES string of the molecule is BCC/C=C\C1=CC(O)=CC(C)(O)C=C1/C=C\C. The topological polar surface area (TPSA) is 40.5 Å². The van der Waals surface area contributed by atoms with Gasteiger partial charge in [0.05, 0.1) is 0 Å². The number of aliphatic hydroxyl groups excluding tert-OH is 1. The first-order valence-electron chi connectivity index (χ1n) is 6.37. The van der Waals surface area contributed by atoms with E-state index in [4.69, 9.17) is 0 Å². The van der Waals surface area contributed by atoms with Gasteiger partial charge in [0.25, 0.3) is 0 Å². The monoisotopic (exact) mass is 244 g/mol. The Balaban J connectivity index is 3.14. The van der Waals surface area contributed by atoms with Crippen LogP contribution in [0.4, 0.5) is 0 Å². The highest BCUT2D eigenvalue weighted by Gasteiger charge is 2.19. The lowest BCUT2D eigenvalue weighted by molar-refractivity contribution is 0.159. The first kappa shape index (κ1) is 14.6. The number of rotatable bonds is 4. The van der Waals surface area contributed by atoms with Crippen LogP contribution >= 0.6 is 0 Å². The van der Waals surface area contributed by atoms with Gasteiger partial charge < -0.3 is 10.2 Å². The lowest BCUT2D eigenvalue weighted by Gasteiger charge is -2.14. The number of aliphatic hydroxyl groups is 2. The second kappa shape index (κ2) is 6.46. The molecule has 0 aliphatic heterocycles. The highest BCUT2D eigenvalue weighted by molar-refractivity contribution is 6.08. The zero-order valence-corrected chi connectivity index (χ0v) is 11.4. The molecule has 18 heavy (non-hydrogen) atoms. The molecular weight excluding hydrogens is 223 g/mol. The molecule has 0 radical (unpaired) electrons. The predicted molar refractivity (Wildman–Crippen MR) is 79.4 cm³/mol. The summed E-state index contributed by atoms with van der Waals surface area (Å²) in [6, 6.07) is 0. The van der Waals surface area contributed by atoms with Crippen LogP contribution in [0.3, 0.4) is 0 Å². The molecule has 0 aromatic rings. The minimum atomic E-state index is -1.13. The van der Waals surface area contributed by atoms with Crippen LogP contribution in [0.5, 0.6) is 0 Å². The van der Waals surface area contributed by atoms with E-state index in [-0.39, 0.29) is 5.76 Å². The van der Waals surface area contributed by atoms with Crippen LogP contribution in [0.25, 0.3) is 0 Å². The molecular formula is C15H21BO2. The Morgan fingerprint density at radius 3 is 2.61 bits per heavy atom. The molecule has 0 amide bonds. The third-order valence-electron chi connectivity index (χ3n) is 2.62. The van der Waals surface area contributed by atoms with Crippen LogP contribution in [0.15, 0.2) is 59.4 Å². The van der Waals surface area contributed by atoms with Gasteiger partial charge in [-0.25, -0.2) is 0 Å².